The van der Waals surface area contributed by atoms with Crippen molar-refractivity contribution in [2.75, 3.05) is 26.0 Å². The quantitative estimate of drug-likeness (QED) is 0.0564. The van der Waals surface area contributed by atoms with Gasteiger partial charge in [0.05, 0.1) is 23.3 Å². The lowest BCUT2D eigenvalue weighted by atomic mass is 9.58. The average molecular weight is 687 g/mol. The van der Waals surface area contributed by atoms with Crippen LogP contribution in [0.4, 0.5) is 14.9 Å². The van der Waals surface area contributed by atoms with Gasteiger partial charge in [0.1, 0.15) is 39.9 Å². The summed E-state index contributed by atoms with van der Waals surface area (Å²) in [4.78, 5) is 76.1. The zero-order chi connectivity index (χ0) is 36.7. The summed E-state index contributed by atoms with van der Waals surface area (Å²) in [5.41, 5.74) is -1.32. The van der Waals surface area contributed by atoms with Crippen LogP contribution in [-0.2, 0) is 25.5 Å². The summed E-state index contributed by atoms with van der Waals surface area (Å²) in [5, 5.41) is 52.8. The summed E-state index contributed by atoms with van der Waals surface area (Å²) >= 11 is 0. The molecule has 18 heteroatoms. The van der Waals surface area contributed by atoms with E-state index in [0.29, 0.717) is 0 Å². The Bertz CT molecular complexity index is 1690. The number of hydrogen-bond acceptors (Lipinski definition) is 14. The first-order chi connectivity index (χ1) is 22.8. The number of nitroso groups, excluding NO2 is 1. The van der Waals surface area contributed by atoms with Gasteiger partial charge in [-0.1, -0.05) is 0 Å². The molecule has 0 saturated heterocycles. The number of ether oxygens (including phenoxy) is 1. The fourth-order valence-electron chi connectivity index (χ4n) is 6.87. The molecule has 0 spiro atoms. The number of ketones is 2. The normalized spacial score (nSPS) is 24.0. The number of halogens is 1. The highest BCUT2D eigenvalue weighted by molar-refractivity contribution is 6.73. The predicted octanol–water partition coefficient (Wildman–Crippen LogP) is 0.990. The Morgan fingerprint density at radius 2 is 1.88 bits per heavy atom. The molecule has 5 atom stereocenters. The zero-order valence-electron chi connectivity index (χ0n) is 27.6. The monoisotopic (exact) mass is 687 g/mol. The molecule has 4 rings (SSSR count). The van der Waals surface area contributed by atoms with Gasteiger partial charge in [0, 0.05) is 29.7 Å². The SMILES string of the molecule is CN(C)[C@@H]1C(O)=C(C(N)=O)C(=O)[C@@]2(O)C(O)=C3C(=O)c4c(O)c(NCCC[C@H](NC(=O)OC(C)(C)C)C(=O)BN=O)cc(F)c4C[C@H]3C[C@@H]12. The Labute approximate surface area is 280 Å². The predicted molar refractivity (Wildman–Crippen MR) is 172 cm³/mol. The van der Waals surface area contributed by atoms with E-state index >= 15 is 4.39 Å². The number of aliphatic hydroxyl groups excluding tert-OH is 2. The molecule has 1 aromatic rings. The number of nitrogens with two attached hydrogens (primary N) is 1. The number of nitrogens with zero attached hydrogens (tertiary/aromatic N) is 2. The Morgan fingerprint density at radius 3 is 2.45 bits per heavy atom. The number of phenolic OH excluding ortho intramolecular Hbond substituents is 1. The Morgan fingerprint density at radius 1 is 1.22 bits per heavy atom. The van der Waals surface area contributed by atoms with Crippen molar-refractivity contribution >= 4 is 42.4 Å². The van der Waals surface area contributed by atoms with Crippen LogP contribution < -0.4 is 16.4 Å². The van der Waals surface area contributed by atoms with Crippen molar-refractivity contribution in [3.05, 3.63) is 50.6 Å². The lowest BCUT2D eigenvalue weighted by molar-refractivity contribution is -0.148. The molecule has 8 N–H and O–H groups in total. The van der Waals surface area contributed by atoms with Crippen molar-refractivity contribution in [3.63, 3.8) is 0 Å². The summed E-state index contributed by atoms with van der Waals surface area (Å²) in [5.74, 6) is -9.35. The van der Waals surface area contributed by atoms with E-state index in [4.69, 9.17) is 10.5 Å². The average Bonchev–Trinajstić information content (AvgIpc) is 2.97. The van der Waals surface area contributed by atoms with Crippen molar-refractivity contribution in [2.45, 2.75) is 69.7 Å². The number of Topliss-reactive ketones (excluding diaryl/α,β-unsaturated/α-hetero) is 2. The van der Waals surface area contributed by atoms with Gasteiger partial charge < -0.3 is 46.3 Å². The van der Waals surface area contributed by atoms with Gasteiger partial charge in [-0.15, -0.1) is 5.09 Å². The van der Waals surface area contributed by atoms with E-state index in [-0.39, 0.29) is 43.5 Å². The van der Waals surface area contributed by atoms with Crippen molar-refractivity contribution in [1.29, 1.82) is 0 Å². The Hall–Kier alpha value is -4.84. The number of likely N-dealkylation sites (N-methyl/N-ethyl adjacent to an activating group) is 1. The van der Waals surface area contributed by atoms with Crippen LogP contribution in [0, 0.1) is 22.6 Å². The molecule has 0 unspecified atom stereocenters. The number of carbonyl (C=O) groups excluding carboxylic acids is 5. The van der Waals surface area contributed by atoms with Gasteiger partial charge in [-0.2, -0.15) is 4.91 Å². The number of nitrogens with one attached hydrogen (secondary N) is 2. The number of anilines is 1. The van der Waals surface area contributed by atoms with E-state index < -0.39 is 112 Å². The number of primary amides is 1. The molecular weight excluding hydrogens is 648 g/mol. The van der Waals surface area contributed by atoms with E-state index in [9.17, 15) is 49.3 Å². The molecule has 0 saturated carbocycles. The fourth-order valence-corrected chi connectivity index (χ4v) is 6.87. The number of hydrogen-bond donors (Lipinski definition) is 7. The van der Waals surface area contributed by atoms with E-state index in [2.05, 4.69) is 15.7 Å². The third-order valence-corrected chi connectivity index (χ3v) is 8.95. The number of phenols is 1. The van der Waals surface area contributed by atoms with Crippen molar-refractivity contribution in [2.24, 2.45) is 22.7 Å². The standard InChI is InChI=1S/C31H39BFN5O11/c1-30(2,3)49-29(46)36-16(27(44)32-37-48)7-6-8-35-17-11-15(33)13-9-12-10-14-21(38(4)5)24(41)20(28(34)45)26(43)31(14,47)25(42)18(12)23(40)19(13)22(17)39/h11-12,14,16,21,32,35,39,41-42,47H,6-10H2,1-5H3,(H2,34,45)(H,36,46)/t12-,14-,16-,21-,31-/m0/s1. The minimum absolute atomic E-state index is 0.00480. The van der Waals surface area contributed by atoms with Crippen LogP contribution in [0.2, 0.25) is 0 Å². The van der Waals surface area contributed by atoms with Crippen LogP contribution in [0.3, 0.4) is 0 Å². The van der Waals surface area contributed by atoms with Crippen LogP contribution in [0.5, 0.6) is 5.75 Å². The van der Waals surface area contributed by atoms with Crippen molar-refractivity contribution < 1.29 is 53.5 Å². The highest BCUT2D eigenvalue weighted by Crippen LogP contribution is 2.53. The third-order valence-electron chi connectivity index (χ3n) is 8.95. The number of rotatable bonds is 11. The van der Waals surface area contributed by atoms with Gasteiger partial charge in [0.2, 0.25) is 5.78 Å². The molecule has 0 aliphatic heterocycles. The van der Waals surface area contributed by atoms with Gasteiger partial charge in [0.25, 0.3) is 5.91 Å². The Kier molecular flexibility index (Phi) is 10.3. The van der Waals surface area contributed by atoms with Gasteiger partial charge in [0.15, 0.2) is 11.4 Å². The second kappa shape index (κ2) is 13.6. The summed E-state index contributed by atoms with van der Waals surface area (Å²) in [6.07, 6.45) is -1.17. The lowest BCUT2D eigenvalue weighted by Gasteiger charge is -2.50. The van der Waals surface area contributed by atoms with Crippen LogP contribution >= 0.6 is 0 Å². The van der Waals surface area contributed by atoms with Gasteiger partial charge >= 0.3 is 13.5 Å². The Balaban J connectivity index is 1.61. The first-order valence-corrected chi connectivity index (χ1v) is 15.5. The molecule has 49 heavy (non-hydrogen) atoms. The fraction of sp³-hybridized carbons (Fsp3) is 0.516. The smallest absolute Gasteiger partial charge is 0.408 e. The van der Waals surface area contributed by atoms with Gasteiger partial charge in [-0.25, -0.2) is 9.18 Å². The molecule has 264 valence electrons. The molecule has 3 aliphatic carbocycles. The summed E-state index contributed by atoms with van der Waals surface area (Å²) in [7, 11) is 2.30. The zero-order valence-corrected chi connectivity index (χ0v) is 27.6. The number of amides is 2. The van der Waals surface area contributed by atoms with E-state index in [1.54, 1.807) is 20.8 Å². The minimum Gasteiger partial charge on any atom is -0.510 e. The summed E-state index contributed by atoms with van der Waals surface area (Å²) in [6.45, 7) is 4.86. The second-order valence-electron chi connectivity index (χ2n) is 13.6. The maximum Gasteiger partial charge on any atom is 0.408 e. The van der Waals surface area contributed by atoms with Crippen LogP contribution in [0.15, 0.2) is 33.8 Å². The number of carbonyl (C=O) groups is 5. The first-order valence-electron chi connectivity index (χ1n) is 15.5. The van der Waals surface area contributed by atoms with E-state index in [1.807, 2.05) is 0 Å². The number of allylic oxidation sites excluding steroid dienone is 1. The van der Waals surface area contributed by atoms with Crippen LogP contribution in [0.1, 0.15) is 56.0 Å². The molecule has 0 bridgehead atoms. The molecule has 1 aromatic carbocycles. The van der Waals surface area contributed by atoms with Crippen molar-refractivity contribution in [3.8, 4) is 5.75 Å². The molecule has 0 heterocycles. The highest BCUT2D eigenvalue weighted by atomic mass is 19.1. The van der Waals surface area contributed by atoms with E-state index in [1.165, 1.54) is 19.0 Å². The molecule has 0 radical (unpaired) electrons. The van der Waals surface area contributed by atoms with Gasteiger partial charge in [-0.05, 0) is 66.5 Å². The van der Waals surface area contributed by atoms with E-state index in [0.717, 1.165) is 6.07 Å². The molecule has 16 nitrogen and oxygen atoms in total. The number of aromatic hydroxyl groups is 1. The molecular formula is C31H39BFN5O11. The first kappa shape index (κ1) is 37.0. The minimum atomic E-state index is -2.84. The van der Waals surface area contributed by atoms with Crippen LogP contribution in [-0.4, -0.2) is 106 Å². The molecule has 2 amide bonds. The molecule has 0 aromatic heterocycles. The van der Waals surface area contributed by atoms with Gasteiger partial charge in [-0.3, -0.25) is 19.3 Å². The number of aliphatic hydroxyl groups is 3. The maximum atomic E-state index is 15.6. The maximum absolute atomic E-state index is 15.6. The van der Waals surface area contributed by atoms with Crippen molar-refractivity contribution in [1.82, 2.24) is 10.2 Å². The van der Waals surface area contributed by atoms with Crippen LogP contribution in [0.25, 0.3) is 0 Å². The number of fused-ring (bicyclic) bond motifs is 3. The molecule has 3 aliphatic rings. The third kappa shape index (κ3) is 6.74. The largest absolute Gasteiger partial charge is 0.510 e. The summed E-state index contributed by atoms with van der Waals surface area (Å²) < 4.78 is 20.7. The second-order valence-corrected chi connectivity index (χ2v) is 13.6. The number of alkyl carbamates (subject to hydrolysis) is 1. The molecule has 0 fully saturated rings. The number of benzene rings is 1. The highest BCUT2D eigenvalue weighted by Gasteiger charge is 2.63. The lowest BCUT2D eigenvalue weighted by Crippen LogP contribution is -2.63. The summed E-state index contributed by atoms with van der Waals surface area (Å²) in [6, 6.07) is -1.36. The topological polar surface area (TPSA) is 258 Å².